The van der Waals surface area contributed by atoms with Gasteiger partial charge >= 0.3 is 0 Å². The highest BCUT2D eigenvalue weighted by Gasteiger charge is 2.50. The molecule has 2 aliphatic carbocycles. The van der Waals surface area contributed by atoms with Gasteiger partial charge in [-0.2, -0.15) is 0 Å². The quantitative estimate of drug-likeness (QED) is 0.140. The van der Waals surface area contributed by atoms with E-state index in [9.17, 15) is 0 Å². The van der Waals surface area contributed by atoms with E-state index in [2.05, 4.69) is 291 Å². The Morgan fingerprint density at radius 3 is 1.21 bits per heavy atom. The Morgan fingerprint density at radius 2 is 0.671 bits per heavy atom. The first-order chi connectivity index (χ1) is 34.7. The minimum atomic E-state index is -0.646. The van der Waals surface area contributed by atoms with E-state index in [1.165, 1.54) is 100 Å². The molecule has 0 atom stereocenters. The molecule has 0 aliphatic heterocycles. The van der Waals surface area contributed by atoms with Crippen LogP contribution in [0.15, 0.2) is 279 Å². The van der Waals surface area contributed by atoms with Crippen molar-refractivity contribution in [3.8, 4) is 44.5 Å². The Kier molecular flexibility index (Phi) is 9.92. The summed E-state index contributed by atoms with van der Waals surface area (Å²) in [7, 11) is 0. The highest BCUT2D eigenvalue weighted by Crippen LogP contribution is 2.62. The zero-order valence-electron chi connectivity index (χ0n) is 39.0. The molecule has 1 nitrogen and oxygen atoms in total. The smallest absolute Gasteiger partial charge is 0.0734 e. The second-order valence-electron chi connectivity index (χ2n) is 18.7. The van der Waals surface area contributed by atoms with Gasteiger partial charge in [0.2, 0.25) is 0 Å². The summed E-state index contributed by atoms with van der Waals surface area (Å²) in [6.45, 7) is 2.31. The lowest BCUT2D eigenvalue weighted by atomic mass is 9.66. The highest BCUT2D eigenvalue weighted by molar-refractivity contribution is 5.97. The van der Waals surface area contributed by atoms with Crippen molar-refractivity contribution in [2.75, 3.05) is 4.90 Å². The molecule has 13 rings (SSSR count). The average molecular weight is 892 g/mol. The molecule has 330 valence electrons. The SMILES string of the molecule is Cc1ccc2c(c1N(c1cccc(C3(c4ccccc4)c4ccccc4-c4ccccc43)c1)c1ccc(-c3ccccc3)c(-c3ccccc3)c1)C(c1ccccc1)(c1ccccc1)c1ccccc1-2. The van der Waals surface area contributed by atoms with Crippen molar-refractivity contribution in [1.29, 1.82) is 0 Å². The van der Waals surface area contributed by atoms with Crippen LogP contribution in [0.4, 0.5) is 17.1 Å². The lowest BCUT2D eigenvalue weighted by Gasteiger charge is -2.39. The standard InChI is InChI=1S/C69H49N/c1-48-42-44-61-60-38-19-22-41-65(60)69(52-30-13-5-14-31-52,53-32-15-6-16-33-53)66(61)67(48)70(56-43-45-57(49-24-7-2-8-25-49)62(47-56)50-26-9-3-10-27-50)55-35-23-34-54(46-55)68(51-28-11-4-12-29-51)63-39-20-17-36-58(63)59-37-18-21-40-64(59)68/h2-47H,1H3. The van der Waals surface area contributed by atoms with Gasteiger partial charge in [-0.05, 0) is 120 Å². The first-order valence-corrected chi connectivity index (χ1v) is 24.4. The van der Waals surface area contributed by atoms with Crippen LogP contribution in [0.3, 0.4) is 0 Å². The maximum absolute atomic E-state index is 2.59. The molecule has 1 heteroatoms. The second-order valence-corrected chi connectivity index (χ2v) is 18.7. The van der Waals surface area contributed by atoms with E-state index in [0.717, 1.165) is 11.4 Å². The van der Waals surface area contributed by atoms with E-state index in [1.807, 2.05) is 0 Å². The molecule has 0 heterocycles. The highest BCUT2D eigenvalue weighted by atomic mass is 15.1. The zero-order chi connectivity index (χ0) is 46.7. The van der Waals surface area contributed by atoms with Crippen LogP contribution in [0, 0.1) is 6.92 Å². The first-order valence-electron chi connectivity index (χ1n) is 24.4. The number of hydrogen-bond acceptors (Lipinski definition) is 1. The second kappa shape index (κ2) is 16.8. The molecule has 0 saturated heterocycles. The molecule has 0 saturated carbocycles. The summed E-state index contributed by atoms with van der Waals surface area (Å²) < 4.78 is 0. The average Bonchev–Trinajstić information content (AvgIpc) is 3.92. The fourth-order valence-corrected chi connectivity index (χ4v) is 12.3. The van der Waals surface area contributed by atoms with Gasteiger partial charge in [-0.15, -0.1) is 0 Å². The minimum absolute atomic E-state index is 0.579. The zero-order valence-corrected chi connectivity index (χ0v) is 39.0. The number of aryl methyl sites for hydroxylation is 1. The number of anilines is 3. The Bertz CT molecular complexity index is 3620. The molecule has 2 aliphatic rings. The molecule has 0 aromatic heterocycles. The number of hydrogen-bond donors (Lipinski definition) is 0. The number of rotatable bonds is 9. The lowest BCUT2D eigenvalue weighted by molar-refractivity contribution is 0.764. The van der Waals surface area contributed by atoms with Crippen LogP contribution in [0.5, 0.6) is 0 Å². The topological polar surface area (TPSA) is 3.24 Å². The van der Waals surface area contributed by atoms with E-state index >= 15 is 0 Å². The van der Waals surface area contributed by atoms with E-state index < -0.39 is 10.8 Å². The van der Waals surface area contributed by atoms with Crippen molar-refractivity contribution < 1.29 is 0 Å². The third-order valence-electron chi connectivity index (χ3n) is 15.1. The molecule has 0 N–H and O–H groups in total. The molecule has 11 aromatic rings. The van der Waals surface area contributed by atoms with Gasteiger partial charge in [0.15, 0.2) is 0 Å². The summed E-state index contributed by atoms with van der Waals surface area (Å²) >= 11 is 0. The molecule has 0 radical (unpaired) electrons. The van der Waals surface area contributed by atoms with Crippen LogP contribution in [-0.2, 0) is 10.8 Å². The molecule has 0 fully saturated rings. The predicted molar refractivity (Wildman–Crippen MR) is 291 cm³/mol. The summed E-state index contributed by atoms with van der Waals surface area (Å²) in [4.78, 5) is 2.59. The lowest BCUT2D eigenvalue weighted by Crippen LogP contribution is -2.31. The van der Waals surface area contributed by atoms with Crippen molar-refractivity contribution in [3.63, 3.8) is 0 Å². The van der Waals surface area contributed by atoms with Gasteiger partial charge < -0.3 is 4.90 Å². The van der Waals surface area contributed by atoms with Crippen LogP contribution >= 0.6 is 0 Å². The third kappa shape index (κ3) is 6.18. The van der Waals surface area contributed by atoms with Crippen LogP contribution in [0.25, 0.3) is 44.5 Å². The Labute approximate surface area is 411 Å². The normalized spacial score (nSPS) is 13.4. The van der Waals surface area contributed by atoms with Gasteiger partial charge in [0.1, 0.15) is 0 Å². The molecular formula is C69H49N. The largest absolute Gasteiger partial charge is 0.310 e. The summed E-state index contributed by atoms with van der Waals surface area (Å²) in [6.07, 6.45) is 0. The number of fused-ring (bicyclic) bond motifs is 6. The molecule has 70 heavy (non-hydrogen) atoms. The fraction of sp³-hybridized carbons (Fsp3) is 0.0435. The molecule has 0 bridgehead atoms. The maximum Gasteiger partial charge on any atom is 0.0734 e. The third-order valence-corrected chi connectivity index (χ3v) is 15.1. The number of benzene rings is 11. The van der Waals surface area contributed by atoms with E-state index in [1.54, 1.807) is 0 Å². The van der Waals surface area contributed by atoms with Crippen LogP contribution in [0.2, 0.25) is 0 Å². The Hall–Kier alpha value is -8.78. The van der Waals surface area contributed by atoms with Crippen LogP contribution in [0.1, 0.15) is 50.1 Å². The van der Waals surface area contributed by atoms with Crippen LogP contribution < -0.4 is 4.90 Å². The van der Waals surface area contributed by atoms with Crippen molar-refractivity contribution >= 4 is 17.1 Å². The molecule has 0 spiro atoms. The summed E-state index contributed by atoms with van der Waals surface area (Å²) in [5.41, 5.74) is 23.2. The van der Waals surface area contributed by atoms with Gasteiger partial charge in [-0.1, -0.05) is 255 Å². The number of nitrogens with zero attached hydrogens (tertiary/aromatic N) is 1. The Morgan fingerprint density at radius 1 is 0.271 bits per heavy atom. The van der Waals surface area contributed by atoms with Gasteiger partial charge in [0, 0.05) is 16.9 Å². The van der Waals surface area contributed by atoms with Gasteiger partial charge in [0.25, 0.3) is 0 Å². The van der Waals surface area contributed by atoms with E-state index in [4.69, 9.17) is 0 Å². The fourth-order valence-electron chi connectivity index (χ4n) is 12.3. The summed E-state index contributed by atoms with van der Waals surface area (Å²) in [5, 5.41) is 0. The first kappa shape index (κ1) is 41.4. The van der Waals surface area contributed by atoms with Gasteiger partial charge in [0.05, 0.1) is 16.5 Å². The van der Waals surface area contributed by atoms with E-state index in [-0.39, 0.29) is 0 Å². The molecule has 0 amide bonds. The van der Waals surface area contributed by atoms with Gasteiger partial charge in [-0.25, -0.2) is 0 Å². The monoisotopic (exact) mass is 891 g/mol. The molecular weight excluding hydrogens is 843 g/mol. The van der Waals surface area contributed by atoms with Crippen molar-refractivity contribution in [1.82, 2.24) is 0 Å². The molecule has 0 unspecified atom stereocenters. The maximum atomic E-state index is 2.59. The van der Waals surface area contributed by atoms with E-state index in [0.29, 0.717) is 0 Å². The minimum Gasteiger partial charge on any atom is -0.310 e. The van der Waals surface area contributed by atoms with Crippen LogP contribution in [-0.4, -0.2) is 0 Å². The predicted octanol–water partition coefficient (Wildman–Crippen LogP) is 17.5. The van der Waals surface area contributed by atoms with Crippen molar-refractivity contribution in [3.05, 3.63) is 329 Å². The van der Waals surface area contributed by atoms with Crippen molar-refractivity contribution in [2.24, 2.45) is 0 Å². The summed E-state index contributed by atoms with van der Waals surface area (Å²) in [6, 6.07) is 104. The Balaban J connectivity index is 1.16. The summed E-state index contributed by atoms with van der Waals surface area (Å²) in [5.74, 6) is 0. The van der Waals surface area contributed by atoms with Crippen molar-refractivity contribution in [2.45, 2.75) is 17.8 Å². The van der Waals surface area contributed by atoms with Gasteiger partial charge in [-0.3, -0.25) is 0 Å². The molecule has 11 aromatic carbocycles.